The Morgan fingerprint density at radius 1 is 0.903 bits per heavy atom. The zero-order valence-electron chi connectivity index (χ0n) is 19.0. The first kappa shape index (κ1) is 24.5. The molecule has 3 nitrogen and oxygen atoms in total. The van der Waals surface area contributed by atoms with Crippen LogP contribution in [0.5, 0.6) is 5.75 Å². The highest BCUT2D eigenvalue weighted by atomic mass is 16.5. The summed E-state index contributed by atoms with van der Waals surface area (Å²) in [7, 11) is 0. The topological polar surface area (TPSA) is 35.5 Å². The molecule has 0 radical (unpaired) electrons. The van der Waals surface area contributed by atoms with Gasteiger partial charge in [0.25, 0.3) is 0 Å². The van der Waals surface area contributed by atoms with Crippen molar-refractivity contribution in [3.63, 3.8) is 0 Å². The molecule has 0 saturated heterocycles. The fourth-order valence-corrected chi connectivity index (χ4v) is 3.16. The first-order chi connectivity index (χ1) is 15.1. The highest BCUT2D eigenvalue weighted by molar-refractivity contribution is 5.81. The van der Waals surface area contributed by atoms with E-state index in [2.05, 4.69) is 69.0 Å². The maximum absolute atomic E-state index is 10.9. The van der Waals surface area contributed by atoms with Crippen LogP contribution < -0.4 is 4.74 Å². The predicted molar refractivity (Wildman–Crippen MR) is 130 cm³/mol. The Labute approximate surface area is 187 Å². The monoisotopic (exact) mass is 420 g/mol. The van der Waals surface area contributed by atoms with E-state index in [1.807, 2.05) is 12.1 Å². The summed E-state index contributed by atoms with van der Waals surface area (Å²) in [4.78, 5) is 10.9. The number of rotatable bonds is 14. The van der Waals surface area contributed by atoms with E-state index in [1.165, 1.54) is 23.6 Å². The van der Waals surface area contributed by atoms with E-state index in [0.717, 1.165) is 49.3 Å². The summed E-state index contributed by atoms with van der Waals surface area (Å²) in [5.74, 6) is 1.28. The maximum atomic E-state index is 10.9. The molecule has 166 valence electrons. The first-order valence-electron chi connectivity index (χ1n) is 11.4. The quantitative estimate of drug-likeness (QED) is 0.141. The Kier molecular flexibility index (Phi) is 11.2. The number of benzene rings is 2. The molecule has 0 aliphatic carbocycles. The molecule has 2 aromatic rings. The SMILES string of the molecule is C=CC(=O)OCCCCCCOc1ccc(/C=C/c2ccc(C[C@@H](C)CC)cc2)cc1. The summed E-state index contributed by atoms with van der Waals surface area (Å²) < 4.78 is 10.8. The standard InChI is InChI=1S/C28H36O3/c1-4-23(3)22-26-14-12-24(13-15-26)10-11-25-16-18-27(19-17-25)30-20-8-6-7-9-21-31-28(29)5-2/h5,10-19,23H,2,4,6-9,20-22H2,1,3H3/b11-10+/t23-/m0/s1. The van der Waals surface area contributed by atoms with Crippen LogP contribution in [0.15, 0.2) is 61.2 Å². The van der Waals surface area contributed by atoms with Gasteiger partial charge in [-0.25, -0.2) is 4.79 Å². The van der Waals surface area contributed by atoms with Gasteiger partial charge < -0.3 is 9.47 Å². The number of esters is 1. The summed E-state index contributed by atoms with van der Waals surface area (Å²) in [5, 5.41) is 0. The highest BCUT2D eigenvalue weighted by Crippen LogP contribution is 2.17. The largest absolute Gasteiger partial charge is 0.494 e. The van der Waals surface area contributed by atoms with Crippen LogP contribution in [0.1, 0.15) is 62.6 Å². The normalized spacial score (nSPS) is 11.9. The van der Waals surface area contributed by atoms with Crippen molar-refractivity contribution in [2.24, 2.45) is 5.92 Å². The minimum Gasteiger partial charge on any atom is -0.494 e. The van der Waals surface area contributed by atoms with E-state index < -0.39 is 0 Å². The van der Waals surface area contributed by atoms with E-state index in [1.54, 1.807) is 0 Å². The van der Waals surface area contributed by atoms with Gasteiger partial charge in [0, 0.05) is 6.08 Å². The molecule has 1 atom stereocenters. The molecule has 2 rings (SSSR count). The maximum Gasteiger partial charge on any atom is 0.330 e. The molecule has 31 heavy (non-hydrogen) atoms. The number of hydrogen-bond acceptors (Lipinski definition) is 3. The zero-order chi connectivity index (χ0) is 22.3. The van der Waals surface area contributed by atoms with Crippen molar-refractivity contribution in [3.8, 4) is 5.75 Å². The van der Waals surface area contributed by atoms with Crippen LogP contribution in [0, 0.1) is 5.92 Å². The molecule has 0 aliphatic rings. The van der Waals surface area contributed by atoms with Gasteiger partial charge in [-0.3, -0.25) is 0 Å². The lowest BCUT2D eigenvalue weighted by atomic mass is 9.98. The van der Waals surface area contributed by atoms with Gasteiger partial charge in [0.2, 0.25) is 0 Å². The smallest absolute Gasteiger partial charge is 0.330 e. The molecule has 0 fully saturated rings. The lowest BCUT2D eigenvalue weighted by Crippen LogP contribution is -2.02. The molecule has 0 bridgehead atoms. The Morgan fingerprint density at radius 2 is 1.48 bits per heavy atom. The van der Waals surface area contributed by atoms with Crippen molar-refractivity contribution in [3.05, 3.63) is 77.9 Å². The van der Waals surface area contributed by atoms with Gasteiger partial charge in [0.15, 0.2) is 0 Å². The van der Waals surface area contributed by atoms with E-state index >= 15 is 0 Å². The lowest BCUT2D eigenvalue weighted by molar-refractivity contribution is -0.137. The van der Waals surface area contributed by atoms with E-state index in [-0.39, 0.29) is 5.97 Å². The molecular weight excluding hydrogens is 384 g/mol. The van der Waals surface area contributed by atoms with Crippen molar-refractivity contribution in [2.45, 2.75) is 52.4 Å². The average molecular weight is 421 g/mol. The molecular formula is C28H36O3. The Morgan fingerprint density at radius 3 is 2.06 bits per heavy atom. The third-order valence-electron chi connectivity index (χ3n) is 5.33. The van der Waals surface area contributed by atoms with E-state index in [9.17, 15) is 4.79 Å². The average Bonchev–Trinajstić information content (AvgIpc) is 2.80. The summed E-state index contributed by atoms with van der Waals surface area (Å²) in [6.45, 7) is 9.08. The van der Waals surface area contributed by atoms with Gasteiger partial charge in [0.05, 0.1) is 13.2 Å². The highest BCUT2D eigenvalue weighted by Gasteiger charge is 2.01. The van der Waals surface area contributed by atoms with Crippen molar-refractivity contribution in [1.29, 1.82) is 0 Å². The molecule has 0 amide bonds. The fourth-order valence-electron chi connectivity index (χ4n) is 3.16. The van der Waals surface area contributed by atoms with Crippen LogP contribution in [0.4, 0.5) is 0 Å². The third-order valence-corrected chi connectivity index (χ3v) is 5.33. The molecule has 2 aromatic carbocycles. The lowest BCUT2D eigenvalue weighted by Gasteiger charge is -2.08. The van der Waals surface area contributed by atoms with Crippen LogP contribution in [-0.4, -0.2) is 19.2 Å². The molecule has 0 saturated carbocycles. The van der Waals surface area contributed by atoms with Crippen LogP contribution in [0.25, 0.3) is 12.2 Å². The second kappa shape index (κ2) is 14.2. The second-order valence-electron chi connectivity index (χ2n) is 8.00. The Balaban J connectivity index is 1.66. The number of ether oxygens (including phenoxy) is 2. The first-order valence-corrected chi connectivity index (χ1v) is 11.4. The summed E-state index contributed by atoms with van der Waals surface area (Å²) in [5.41, 5.74) is 3.78. The zero-order valence-corrected chi connectivity index (χ0v) is 19.0. The second-order valence-corrected chi connectivity index (χ2v) is 8.00. The van der Waals surface area contributed by atoms with Crippen molar-refractivity contribution < 1.29 is 14.3 Å². The van der Waals surface area contributed by atoms with Gasteiger partial charge in [-0.2, -0.15) is 0 Å². The number of unbranched alkanes of at least 4 members (excludes halogenated alkanes) is 3. The van der Waals surface area contributed by atoms with Crippen molar-refractivity contribution >= 4 is 18.1 Å². The molecule has 0 aromatic heterocycles. The Bertz CT molecular complexity index is 803. The number of carbonyl (C=O) groups is 1. The van der Waals surface area contributed by atoms with Crippen molar-refractivity contribution in [2.75, 3.05) is 13.2 Å². The van der Waals surface area contributed by atoms with Gasteiger partial charge >= 0.3 is 5.97 Å². The van der Waals surface area contributed by atoms with E-state index in [4.69, 9.17) is 9.47 Å². The fraction of sp³-hybridized carbons (Fsp3) is 0.393. The minimum absolute atomic E-state index is 0.350. The van der Waals surface area contributed by atoms with Crippen LogP contribution in [0.3, 0.4) is 0 Å². The van der Waals surface area contributed by atoms with Crippen LogP contribution in [0.2, 0.25) is 0 Å². The van der Waals surface area contributed by atoms with Crippen LogP contribution >= 0.6 is 0 Å². The summed E-state index contributed by atoms with van der Waals surface area (Å²) in [6, 6.07) is 17.0. The molecule has 0 N–H and O–H groups in total. The number of carbonyl (C=O) groups excluding carboxylic acids is 1. The Hall–Kier alpha value is -2.81. The van der Waals surface area contributed by atoms with Gasteiger partial charge in [-0.15, -0.1) is 0 Å². The van der Waals surface area contributed by atoms with Gasteiger partial charge in [-0.05, 0) is 66.8 Å². The van der Waals surface area contributed by atoms with Gasteiger partial charge in [0.1, 0.15) is 5.75 Å². The molecule has 0 spiro atoms. The van der Waals surface area contributed by atoms with Gasteiger partial charge in [-0.1, -0.05) is 75.4 Å². The summed E-state index contributed by atoms with van der Waals surface area (Å²) >= 11 is 0. The minimum atomic E-state index is -0.350. The van der Waals surface area contributed by atoms with Crippen molar-refractivity contribution in [1.82, 2.24) is 0 Å². The number of hydrogen-bond donors (Lipinski definition) is 0. The van der Waals surface area contributed by atoms with Crippen LogP contribution in [-0.2, 0) is 16.0 Å². The van der Waals surface area contributed by atoms with E-state index in [0.29, 0.717) is 13.2 Å². The molecule has 0 unspecified atom stereocenters. The molecule has 0 aliphatic heterocycles. The predicted octanol–water partition coefficient (Wildman–Crippen LogP) is 7.11. The molecule has 3 heteroatoms. The third kappa shape index (κ3) is 10.2. The molecule has 0 heterocycles. The summed E-state index contributed by atoms with van der Waals surface area (Å²) in [6.07, 6.45) is 11.8.